The van der Waals surface area contributed by atoms with Gasteiger partial charge in [0.15, 0.2) is 0 Å². The lowest BCUT2D eigenvalue weighted by molar-refractivity contribution is -0.159. The highest BCUT2D eigenvalue weighted by molar-refractivity contribution is 4.80. The molecule has 1 heterocycles. The maximum atomic E-state index is 12.7. The van der Waals surface area contributed by atoms with Crippen molar-refractivity contribution in [3.63, 3.8) is 0 Å². The molecule has 0 saturated carbocycles. The molecule has 1 aliphatic rings. The fourth-order valence-corrected chi connectivity index (χ4v) is 1.10. The molecule has 0 aromatic heterocycles. The Balaban J connectivity index is 2.55. The molecular formula is C6H12F2N2. The number of hydrogen-bond acceptors (Lipinski definition) is 2. The zero-order valence-electron chi connectivity index (χ0n) is 5.98. The summed E-state index contributed by atoms with van der Waals surface area (Å²) in [6, 6.07) is -3.01. The second-order valence-electron chi connectivity index (χ2n) is 2.84. The number of rotatable bonds is 0. The third-order valence-electron chi connectivity index (χ3n) is 1.90. The Morgan fingerprint density at radius 3 is 2.60 bits per heavy atom. The first-order valence-corrected chi connectivity index (χ1v) is 3.37. The molecule has 4 heteroatoms. The van der Waals surface area contributed by atoms with Crippen LogP contribution in [0.1, 0.15) is 12.8 Å². The van der Waals surface area contributed by atoms with Crippen LogP contribution < -0.4 is 5.73 Å². The molecular weight excluding hydrogens is 138 g/mol. The number of alkyl halides is 2. The quantitative estimate of drug-likeness (QED) is 0.513. The van der Waals surface area contributed by atoms with Gasteiger partial charge in [-0.3, -0.25) is 0 Å². The fourth-order valence-electron chi connectivity index (χ4n) is 1.10. The standard InChI is InChI=1S/C6H12F2N2/c1-10-3-2-5(9)4-6(10,7)8/h5H,2-4,9H2,1H3. The third-order valence-corrected chi connectivity index (χ3v) is 1.90. The Hall–Kier alpha value is -0.220. The lowest BCUT2D eigenvalue weighted by Crippen LogP contribution is -2.49. The van der Waals surface area contributed by atoms with Gasteiger partial charge in [-0.25, -0.2) is 4.90 Å². The monoisotopic (exact) mass is 150 g/mol. The molecule has 1 atom stereocenters. The van der Waals surface area contributed by atoms with Crippen LogP contribution in [-0.4, -0.2) is 30.6 Å². The zero-order valence-corrected chi connectivity index (χ0v) is 5.98. The Labute approximate surface area is 59.0 Å². The van der Waals surface area contributed by atoms with Gasteiger partial charge in [0.2, 0.25) is 0 Å². The van der Waals surface area contributed by atoms with Crippen molar-refractivity contribution in [2.45, 2.75) is 24.9 Å². The lowest BCUT2D eigenvalue weighted by atomic mass is 10.0. The van der Waals surface area contributed by atoms with E-state index in [0.717, 1.165) is 4.90 Å². The summed E-state index contributed by atoms with van der Waals surface area (Å²) < 4.78 is 25.4. The van der Waals surface area contributed by atoms with E-state index < -0.39 is 6.05 Å². The van der Waals surface area contributed by atoms with Gasteiger partial charge in [0.25, 0.3) is 0 Å². The largest absolute Gasteiger partial charge is 0.327 e. The van der Waals surface area contributed by atoms with Gasteiger partial charge in [0.1, 0.15) is 0 Å². The van der Waals surface area contributed by atoms with Crippen LogP contribution in [0.4, 0.5) is 8.78 Å². The topological polar surface area (TPSA) is 29.3 Å². The van der Waals surface area contributed by atoms with E-state index in [1.807, 2.05) is 0 Å². The van der Waals surface area contributed by atoms with E-state index in [9.17, 15) is 8.78 Å². The molecule has 1 unspecified atom stereocenters. The molecule has 10 heavy (non-hydrogen) atoms. The highest BCUT2D eigenvalue weighted by atomic mass is 19.3. The van der Waals surface area contributed by atoms with Crippen molar-refractivity contribution >= 4 is 0 Å². The number of likely N-dealkylation sites (tertiary alicyclic amines) is 1. The number of hydrogen-bond donors (Lipinski definition) is 1. The summed E-state index contributed by atoms with van der Waals surface area (Å²) in [5.74, 6) is 0. The predicted octanol–water partition coefficient (Wildman–Crippen LogP) is 0.632. The fraction of sp³-hybridized carbons (Fsp3) is 1.00. The van der Waals surface area contributed by atoms with Crippen molar-refractivity contribution < 1.29 is 8.78 Å². The molecule has 0 bridgehead atoms. The molecule has 1 aliphatic heterocycles. The van der Waals surface area contributed by atoms with Crippen LogP contribution >= 0.6 is 0 Å². The summed E-state index contributed by atoms with van der Waals surface area (Å²) in [5, 5.41) is 0. The van der Waals surface area contributed by atoms with Crippen LogP contribution in [0.25, 0.3) is 0 Å². The van der Waals surface area contributed by atoms with E-state index in [0.29, 0.717) is 13.0 Å². The maximum absolute atomic E-state index is 12.7. The first-order valence-electron chi connectivity index (χ1n) is 3.37. The SMILES string of the molecule is CN1CCC(N)CC1(F)F. The van der Waals surface area contributed by atoms with Crippen LogP contribution in [0.2, 0.25) is 0 Å². The molecule has 2 N–H and O–H groups in total. The molecule has 1 saturated heterocycles. The minimum atomic E-state index is -2.68. The van der Waals surface area contributed by atoms with Crippen molar-refractivity contribution in [1.82, 2.24) is 4.90 Å². The predicted molar refractivity (Wildman–Crippen MR) is 34.8 cm³/mol. The zero-order chi connectivity index (χ0) is 7.78. The summed E-state index contributed by atoms with van der Waals surface area (Å²) in [6.45, 7) is 0.397. The van der Waals surface area contributed by atoms with Crippen LogP contribution in [-0.2, 0) is 0 Å². The minimum Gasteiger partial charge on any atom is -0.327 e. The van der Waals surface area contributed by atoms with Gasteiger partial charge in [0, 0.05) is 19.0 Å². The molecule has 0 aromatic carbocycles. The first-order chi connectivity index (χ1) is 4.52. The van der Waals surface area contributed by atoms with Gasteiger partial charge in [-0.1, -0.05) is 0 Å². The van der Waals surface area contributed by atoms with Gasteiger partial charge in [-0.05, 0) is 13.5 Å². The van der Waals surface area contributed by atoms with E-state index in [1.54, 1.807) is 0 Å². The molecule has 0 aromatic rings. The number of nitrogens with two attached hydrogens (primary N) is 1. The molecule has 1 rings (SSSR count). The molecule has 0 spiro atoms. The molecule has 0 amide bonds. The van der Waals surface area contributed by atoms with E-state index in [-0.39, 0.29) is 12.5 Å². The normalized spacial score (nSPS) is 34.2. The van der Waals surface area contributed by atoms with Crippen LogP contribution in [0.5, 0.6) is 0 Å². The van der Waals surface area contributed by atoms with Gasteiger partial charge in [-0.2, -0.15) is 8.78 Å². The summed E-state index contributed by atoms with van der Waals surface area (Å²) in [5.41, 5.74) is 5.37. The van der Waals surface area contributed by atoms with Crippen molar-refractivity contribution in [2.24, 2.45) is 5.73 Å². The summed E-state index contributed by atoms with van der Waals surface area (Å²) in [6.07, 6.45) is 0.468. The maximum Gasteiger partial charge on any atom is 0.306 e. The van der Waals surface area contributed by atoms with Crippen molar-refractivity contribution in [1.29, 1.82) is 0 Å². The van der Waals surface area contributed by atoms with Gasteiger partial charge in [-0.15, -0.1) is 0 Å². The number of piperidine rings is 1. The molecule has 2 nitrogen and oxygen atoms in total. The summed E-state index contributed by atoms with van der Waals surface area (Å²) >= 11 is 0. The Bertz CT molecular complexity index is 127. The third kappa shape index (κ3) is 1.44. The molecule has 1 fully saturated rings. The smallest absolute Gasteiger partial charge is 0.306 e. The second kappa shape index (κ2) is 2.43. The van der Waals surface area contributed by atoms with Gasteiger partial charge < -0.3 is 5.73 Å². The van der Waals surface area contributed by atoms with E-state index >= 15 is 0 Å². The lowest BCUT2D eigenvalue weighted by Gasteiger charge is -2.34. The number of halogens is 2. The highest BCUT2D eigenvalue weighted by Crippen LogP contribution is 2.28. The average Bonchev–Trinajstić information content (AvgIpc) is 1.78. The summed E-state index contributed by atoms with van der Waals surface area (Å²) in [7, 11) is 1.42. The van der Waals surface area contributed by atoms with Crippen molar-refractivity contribution in [3.8, 4) is 0 Å². The highest BCUT2D eigenvalue weighted by Gasteiger charge is 2.39. The van der Waals surface area contributed by atoms with Crippen molar-refractivity contribution in [2.75, 3.05) is 13.6 Å². The van der Waals surface area contributed by atoms with Crippen molar-refractivity contribution in [3.05, 3.63) is 0 Å². The molecule has 0 aliphatic carbocycles. The average molecular weight is 150 g/mol. The summed E-state index contributed by atoms with van der Waals surface area (Å²) in [4.78, 5) is 1.05. The molecule has 0 radical (unpaired) electrons. The molecule has 60 valence electrons. The Morgan fingerprint density at radius 1 is 1.60 bits per heavy atom. The van der Waals surface area contributed by atoms with Crippen LogP contribution in [0.3, 0.4) is 0 Å². The van der Waals surface area contributed by atoms with Crippen LogP contribution in [0.15, 0.2) is 0 Å². The van der Waals surface area contributed by atoms with E-state index in [4.69, 9.17) is 5.73 Å². The van der Waals surface area contributed by atoms with Gasteiger partial charge >= 0.3 is 6.05 Å². The van der Waals surface area contributed by atoms with Crippen LogP contribution in [0, 0.1) is 0 Å². The van der Waals surface area contributed by atoms with Gasteiger partial charge in [0.05, 0.1) is 0 Å². The Kier molecular flexibility index (Phi) is 1.92. The number of nitrogens with zero attached hydrogens (tertiary/aromatic N) is 1. The Morgan fingerprint density at radius 2 is 2.20 bits per heavy atom. The minimum absolute atomic E-state index is 0.205. The van der Waals surface area contributed by atoms with E-state index in [1.165, 1.54) is 7.05 Å². The second-order valence-corrected chi connectivity index (χ2v) is 2.84. The van der Waals surface area contributed by atoms with E-state index in [2.05, 4.69) is 0 Å². The first kappa shape index (κ1) is 7.88.